The lowest BCUT2D eigenvalue weighted by Crippen LogP contribution is -2.38. The van der Waals surface area contributed by atoms with Crippen molar-refractivity contribution in [2.75, 3.05) is 0 Å². The van der Waals surface area contributed by atoms with Crippen LogP contribution in [0, 0.1) is 5.41 Å². The number of halogens is 2. The molecule has 0 amide bonds. The zero-order chi connectivity index (χ0) is 16.3. The van der Waals surface area contributed by atoms with Crippen LogP contribution in [0.5, 0.6) is 0 Å². The van der Waals surface area contributed by atoms with Crippen molar-refractivity contribution in [1.29, 1.82) is 0 Å². The molecule has 114 valence electrons. The highest BCUT2D eigenvalue weighted by atomic mass is 35.5. The summed E-state index contributed by atoms with van der Waals surface area (Å²) in [7, 11) is 0. The van der Waals surface area contributed by atoms with E-state index in [1.807, 2.05) is 31.3 Å². The van der Waals surface area contributed by atoms with Gasteiger partial charge >= 0.3 is 0 Å². The van der Waals surface area contributed by atoms with Crippen molar-refractivity contribution < 1.29 is 0 Å². The van der Waals surface area contributed by atoms with Crippen LogP contribution in [0.1, 0.15) is 40.2 Å². The van der Waals surface area contributed by atoms with Gasteiger partial charge in [0.25, 0.3) is 0 Å². The quantitative estimate of drug-likeness (QED) is 0.292. The second-order valence-electron chi connectivity index (χ2n) is 5.99. The fourth-order valence-electron chi connectivity index (χ4n) is 2.27. The van der Waals surface area contributed by atoms with Crippen LogP contribution < -0.4 is 0 Å². The van der Waals surface area contributed by atoms with E-state index in [4.69, 9.17) is 23.2 Å². The first-order chi connectivity index (χ1) is 9.66. The molecule has 0 aliphatic rings. The van der Waals surface area contributed by atoms with E-state index in [-0.39, 0.29) is 10.8 Å². The molecular weight excluding hydrogens is 303 g/mol. The van der Waals surface area contributed by atoms with Crippen molar-refractivity contribution in [2.24, 2.45) is 10.4 Å². The summed E-state index contributed by atoms with van der Waals surface area (Å²) in [6, 6.07) is 3.83. The number of nitrogens with zero attached hydrogens (tertiary/aromatic N) is 2. The molecule has 0 saturated heterocycles. The summed E-state index contributed by atoms with van der Waals surface area (Å²) in [5.41, 5.74) is 1.87. The lowest BCUT2D eigenvalue weighted by Gasteiger charge is -2.43. The van der Waals surface area contributed by atoms with Gasteiger partial charge in [-0.05, 0) is 42.3 Å². The summed E-state index contributed by atoms with van der Waals surface area (Å²) in [6.45, 7) is 14.2. The van der Waals surface area contributed by atoms with Crippen molar-refractivity contribution in [3.05, 3.63) is 51.9 Å². The normalized spacial score (nSPS) is 14.2. The Kier molecular flexibility index (Phi) is 5.77. The van der Waals surface area contributed by atoms with Crippen molar-refractivity contribution in [3.63, 3.8) is 0 Å². The molecule has 0 saturated carbocycles. The van der Waals surface area contributed by atoms with Gasteiger partial charge in [-0.3, -0.25) is 4.99 Å². The second kappa shape index (κ2) is 6.76. The maximum Gasteiger partial charge on any atom is 0.129 e. The SMILES string of the molecule is C=N/C(Cl)=C\C(=C/C)C(C)(C)C(C)(C)c1ccc(Cl)nc1. The van der Waals surface area contributed by atoms with Crippen LogP contribution in [-0.4, -0.2) is 11.7 Å². The molecule has 4 heteroatoms. The van der Waals surface area contributed by atoms with E-state index in [0.717, 1.165) is 11.1 Å². The fourth-order valence-corrected chi connectivity index (χ4v) is 2.50. The maximum atomic E-state index is 6.02. The van der Waals surface area contributed by atoms with E-state index >= 15 is 0 Å². The molecule has 0 aromatic carbocycles. The molecule has 1 aromatic rings. The number of aromatic nitrogens is 1. The Balaban J connectivity index is 3.31. The smallest absolute Gasteiger partial charge is 0.129 e. The largest absolute Gasteiger partial charge is 0.252 e. The van der Waals surface area contributed by atoms with E-state index in [9.17, 15) is 0 Å². The molecule has 0 spiro atoms. The number of hydrogen-bond donors (Lipinski definition) is 0. The third-order valence-corrected chi connectivity index (χ3v) is 4.92. The number of aliphatic imine (C=N–C) groups is 1. The van der Waals surface area contributed by atoms with Gasteiger partial charge in [0.1, 0.15) is 10.3 Å². The van der Waals surface area contributed by atoms with Gasteiger partial charge < -0.3 is 0 Å². The van der Waals surface area contributed by atoms with Crippen molar-refractivity contribution in [1.82, 2.24) is 4.98 Å². The number of allylic oxidation sites excluding steroid dienone is 3. The van der Waals surface area contributed by atoms with Crippen molar-refractivity contribution in [2.45, 2.75) is 40.0 Å². The summed E-state index contributed by atoms with van der Waals surface area (Å²) >= 11 is 11.9. The van der Waals surface area contributed by atoms with Crippen LogP contribution in [0.4, 0.5) is 0 Å². The van der Waals surface area contributed by atoms with Gasteiger partial charge in [-0.1, -0.05) is 63.0 Å². The standard InChI is InChI=1S/C17H22Cl2N2/c1-7-12(10-15(19)20-6)16(2,3)17(4,5)13-8-9-14(18)21-11-13/h7-11H,6H2,1-5H3/b12-7+,15-10-. The van der Waals surface area contributed by atoms with Crippen LogP contribution in [0.3, 0.4) is 0 Å². The predicted octanol–water partition coefficient (Wildman–Crippen LogP) is 5.77. The Morgan fingerprint density at radius 1 is 1.29 bits per heavy atom. The van der Waals surface area contributed by atoms with Crippen LogP contribution in [0.25, 0.3) is 0 Å². The molecule has 0 aliphatic heterocycles. The second-order valence-corrected chi connectivity index (χ2v) is 6.76. The van der Waals surface area contributed by atoms with Crippen LogP contribution in [-0.2, 0) is 5.41 Å². The first-order valence-corrected chi connectivity index (χ1v) is 7.55. The molecule has 2 nitrogen and oxygen atoms in total. The van der Waals surface area contributed by atoms with Gasteiger partial charge in [0, 0.05) is 11.6 Å². The number of rotatable bonds is 5. The molecule has 1 rings (SSSR count). The Morgan fingerprint density at radius 2 is 1.90 bits per heavy atom. The lowest BCUT2D eigenvalue weighted by molar-refractivity contribution is 0.253. The van der Waals surface area contributed by atoms with Crippen LogP contribution in [0.2, 0.25) is 5.15 Å². The third-order valence-electron chi connectivity index (χ3n) is 4.47. The molecule has 0 unspecified atom stereocenters. The van der Waals surface area contributed by atoms with Gasteiger partial charge in [-0.2, -0.15) is 0 Å². The zero-order valence-electron chi connectivity index (χ0n) is 13.2. The Bertz CT molecular complexity index is 567. The minimum absolute atomic E-state index is 0.165. The lowest BCUT2D eigenvalue weighted by atomic mass is 9.61. The van der Waals surface area contributed by atoms with Gasteiger partial charge in [-0.15, -0.1) is 0 Å². The van der Waals surface area contributed by atoms with Crippen molar-refractivity contribution in [3.8, 4) is 0 Å². The first-order valence-electron chi connectivity index (χ1n) is 6.79. The van der Waals surface area contributed by atoms with Gasteiger partial charge in [0.05, 0.1) is 0 Å². The van der Waals surface area contributed by atoms with Crippen LogP contribution in [0.15, 0.2) is 46.2 Å². The molecule has 0 atom stereocenters. The average molecular weight is 325 g/mol. The Hall–Kier alpha value is -1.12. The molecular formula is C17H22Cl2N2. The molecule has 0 fully saturated rings. The monoisotopic (exact) mass is 324 g/mol. The fraction of sp³-hybridized carbons (Fsp3) is 0.412. The predicted molar refractivity (Wildman–Crippen MR) is 93.3 cm³/mol. The summed E-state index contributed by atoms with van der Waals surface area (Å²) in [5, 5.41) is 0.888. The summed E-state index contributed by atoms with van der Waals surface area (Å²) in [4.78, 5) is 7.96. The van der Waals surface area contributed by atoms with E-state index in [1.165, 1.54) is 0 Å². The average Bonchev–Trinajstić information content (AvgIpc) is 2.44. The highest BCUT2D eigenvalue weighted by Crippen LogP contribution is 2.47. The highest BCUT2D eigenvalue weighted by Gasteiger charge is 2.40. The Labute approximate surface area is 137 Å². The van der Waals surface area contributed by atoms with Gasteiger partial charge in [0.2, 0.25) is 0 Å². The van der Waals surface area contributed by atoms with Gasteiger partial charge in [-0.25, -0.2) is 4.98 Å². The molecule has 0 N–H and O–H groups in total. The summed E-state index contributed by atoms with van der Waals surface area (Å²) in [6.07, 6.45) is 5.74. The van der Waals surface area contributed by atoms with Crippen LogP contribution >= 0.6 is 23.2 Å². The first kappa shape index (κ1) is 17.9. The van der Waals surface area contributed by atoms with E-state index in [0.29, 0.717) is 10.3 Å². The van der Waals surface area contributed by atoms with E-state index < -0.39 is 0 Å². The minimum Gasteiger partial charge on any atom is -0.252 e. The zero-order valence-corrected chi connectivity index (χ0v) is 14.8. The molecule has 0 aliphatic carbocycles. The molecule has 1 aromatic heterocycles. The van der Waals surface area contributed by atoms with E-state index in [2.05, 4.69) is 50.5 Å². The Morgan fingerprint density at radius 3 is 2.33 bits per heavy atom. The third kappa shape index (κ3) is 3.75. The maximum absolute atomic E-state index is 6.02. The molecule has 21 heavy (non-hydrogen) atoms. The topological polar surface area (TPSA) is 25.2 Å². The summed E-state index contributed by atoms with van der Waals surface area (Å²) in [5.74, 6) is 0. The highest BCUT2D eigenvalue weighted by molar-refractivity contribution is 6.29. The number of pyridine rings is 1. The van der Waals surface area contributed by atoms with Crippen molar-refractivity contribution >= 4 is 29.9 Å². The van der Waals surface area contributed by atoms with E-state index in [1.54, 1.807) is 0 Å². The molecule has 0 bridgehead atoms. The minimum atomic E-state index is -0.178. The van der Waals surface area contributed by atoms with Gasteiger partial charge in [0.15, 0.2) is 0 Å². The molecule has 1 heterocycles. The summed E-state index contributed by atoms with van der Waals surface area (Å²) < 4.78 is 0. The number of hydrogen-bond acceptors (Lipinski definition) is 2. The molecule has 0 radical (unpaired) electrons.